The van der Waals surface area contributed by atoms with E-state index in [1.165, 1.54) is 32.1 Å². The first-order valence-electron chi connectivity index (χ1n) is 13.6. The number of morpholine rings is 1. The van der Waals surface area contributed by atoms with Crippen LogP contribution in [-0.2, 0) is 14.3 Å². The number of ether oxygens (including phenoxy) is 1. The van der Waals surface area contributed by atoms with Crippen molar-refractivity contribution in [2.24, 2.45) is 23.7 Å². The lowest BCUT2D eigenvalue weighted by Crippen LogP contribution is -2.58. The van der Waals surface area contributed by atoms with Crippen LogP contribution in [0.2, 0.25) is 0 Å². The molecule has 0 aromatic heterocycles. The predicted octanol–water partition coefficient (Wildman–Crippen LogP) is 2.30. The number of hydrogen-bond acceptors (Lipinski definition) is 5. The van der Waals surface area contributed by atoms with E-state index in [0.29, 0.717) is 62.9 Å². The van der Waals surface area contributed by atoms with Crippen LogP contribution in [0.15, 0.2) is 0 Å². The van der Waals surface area contributed by atoms with Gasteiger partial charge in [-0.2, -0.15) is 0 Å². The van der Waals surface area contributed by atoms with Gasteiger partial charge in [-0.1, -0.05) is 27.2 Å². The number of nitrogens with zero attached hydrogens (tertiary/aromatic N) is 1. The molecule has 1 saturated carbocycles. The van der Waals surface area contributed by atoms with E-state index in [0.717, 1.165) is 18.9 Å². The molecule has 4 fully saturated rings. The molecule has 4 rings (SSSR count). The van der Waals surface area contributed by atoms with Crippen molar-refractivity contribution in [1.29, 1.82) is 0 Å². The number of carbonyl (C=O) groups excluding carboxylic acids is 2. The Hall–Kier alpha value is -1.18. The summed E-state index contributed by atoms with van der Waals surface area (Å²) < 4.78 is 5.39. The minimum atomic E-state index is -0.106. The van der Waals surface area contributed by atoms with Gasteiger partial charge in [0.2, 0.25) is 11.8 Å². The zero-order valence-electron chi connectivity index (χ0n) is 21.0. The van der Waals surface area contributed by atoms with Crippen molar-refractivity contribution in [2.45, 2.75) is 96.3 Å². The van der Waals surface area contributed by atoms with Gasteiger partial charge in [0.25, 0.3) is 0 Å². The van der Waals surface area contributed by atoms with Crippen molar-refractivity contribution in [3.63, 3.8) is 0 Å². The van der Waals surface area contributed by atoms with Crippen LogP contribution < -0.4 is 16.0 Å². The van der Waals surface area contributed by atoms with E-state index >= 15 is 0 Å². The van der Waals surface area contributed by atoms with Crippen LogP contribution in [0.4, 0.5) is 0 Å². The third-order valence-electron chi connectivity index (χ3n) is 9.04. The quantitative estimate of drug-likeness (QED) is 0.541. The molecule has 3 saturated heterocycles. The van der Waals surface area contributed by atoms with Crippen LogP contribution in [0.25, 0.3) is 0 Å². The first-order valence-corrected chi connectivity index (χ1v) is 13.6. The summed E-state index contributed by atoms with van der Waals surface area (Å²) in [6, 6.07) is 0.575. The van der Waals surface area contributed by atoms with Gasteiger partial charge in [0, 0.05) is 37.6 Å². The Balaban J connectivity index is 1.39. The average molecular weight is 463 g/mol. The van der Waals surface area contributed by atoms with Gasteiger partial charge in [-0.05, 0) is 68.7 Å². The predicted molar refractivity (Wildman–Crippen MR) is 130 cm³/mol. The molecular formula is C26H46N4O3. The van der Waals surface area contributed by atoms with Crippen LogP contribution >= 0.6 is 0 Å². The Kier molecular flexibility index (Phi) is 8.69. The van der Waals surface area contributed by atoms with Gasteiger partial charge in [0.1, 0.15) is 0 Å². The fraction of sp³-hybridized carbons (Fsp3) is 0.923. The summed E-state index contributed by atoms with van der Waals surface area (Å²) >= 11 is 0. The van der Waals surface area contributed by atoms with Crippen LogP contribution in [0.5, 0.6) is 0 Å². The van der Waals surface area contributed by atoms with Gasteiger partial charge < -0.3 is 25.6 Å². The molecule has 1 aliphatic carbocycles. The minimum absolute atomic E-state index is 0.0124. The van der Waals surface area contributed by atoms with E-state index in [1.54, 1.807) is 0 Å². The molecule has 4 aliphatic rings. The van der Waals surface area contributed by atoms with Crippen LogP contribution in [-0.4, -0.2) is 73.7 Å². The van der Waals surface area contributed by atoms with Gasteiger partial charge in [0.15, 0.2) is 0 Å². The monoisotopic (exact) mass is 462 g/mol. The molecule has 3 N–H and O–H groups in total. The number of piperidine rings is 1. The zero-order valence-corrected chi connectivity index (χ0v) is 21.0. The van der Waals surface area contributed by atoms with Crippen molar-refractivity contribution < 1.29 is 14.3 Å². The Bertz CT molecular complexity index is 668. The Morgan fingerprint density at radius 2 is 1.91 bits per heavy atom. The van der Waals surface area contributed by atoms with Crippen molar-refractivity contribution in [3.8, 4) is 0 Å². The molecule has 0 spiro atoms. The highest BCUT2D eigenvalue weighted by Gasteiger charge is 2.45. The lowest BCUT2D eigenvalue weighted by atomic mass is 9.70. The van der Waals surface area contributed by atoms with E-state index < -0.39 is 0 Å². The summed E-state index contributed by atoms with van der Waals surface area (Å²) in [6.07, 6.45) is 8.23. The number of rotatable bonds is 7. The second-order valence-corrected chi connectivity index (χ2v) is 11.1. The maximum atomic E-state index is 13.5. The summed E-state index contributed by atoms with van der Waals surface area (Å²) in [5, 5.41) is 10.8. The highest BCUT2D eigenvalue weighted by molar-refractivity contribution is 5.83. The number of amides is 2. The normalized spacial score (nSPS) is 37.9. The number of fused-ring (bicyclic) bond motifs is 1. The maximum absolute atomic E-state index is 13.5. The van der Waals surface area contributed by atoms with Gasteiger partial charge in [-0.15, -0.1) is 0 Å². The van der Waals surface area contributed by atoms with Crippen LogP contribution in [0.1, 0.15) is 72.1 Å². The van der Waals surface area contributed by atoms with Crippen molar-refractivity contribution in [1.82, 2.24) is 20.9 Å². The Morgan fingerprint density at radius 3 is 2.64 bits per heavy atom. The minimum Gasteiger partial charge on any atom is -0.378 e. The molecule has 7 nitrogen and oxygen atoms in total. The molecule has 8 unspecified atom stereocenters. The summed E-state index contributed by atoms with van der Waals surface area (Å²) in [5.74, 6) is 2.80. The van der Waals surface area contributed by atoms with Crippen molar-refractivity contribution >= 4 is 11.8 Å². The van der Waals surface area contributed by atoms with Crippen LogP contribution in [0.3, 0.4) is 0 Å². The third kappa shape index (κ3) is 5.91. The molecule has 0 aromatic carbocycles. The van der Waals surface area contributed by atoms with Gasteiger partial charge in [-0.3, -0.25) is 9.59 Å². The molecule has 2 amide bonds. The molecular weight excluding hydrogens is 416 g/mol. The summed E-state index contributed by atoms with van der Waals surface area (Å²) in [4.78, 5) is 28.2. The Morgan fingerprint density at radius 1 is 1.12 bits per heavy atom. The lowest BCUT2D eigenvalue weighted by Gasteiger charge is -2.37. The molecule has 7 heteroatoms. The van der Waals surface area contributed by atoms with E-state index in [-0.39, 0.29) is 29.9 Å². The van der Waals surface area contributed by atoms with Crippen molar-refractivity contribution in [3.05, 3.63) is 0 Å². The second kappa shape index (κ2) is 11.5. The third-order valence-corrected chi connectivity index (χ3v) is 9.04. The van der Waals surface area contributed by atoms with E-state index in [4.69, 9.17) is 4.74 Å². The van der Waals surface area contributed by atoms with Crippen LogP contribution in [0, 0.1) is 23.7 Å². The Labute approximate surface area is 200 Å². The fourth-order valence-electron chi connectivity index (χ4n) is 6.96. The topological polar surface area (TPSA) is 82.7 Å². The fourth-order valence-corrected chi connectivity index (χ4v) is 6.96. The lowest BCUT2D eigenvalue weighted by molar-refractivity contribution is -0.135. The summed E-state index contributed by atoms with van der Waals surface area (Å²) in [5.41, 5.74) is 0. The number of hydrogen-bond donors (Lipinski definition) is 3. The zero-order chi connectivity index (χ0) is 23.4. The summed E-state index contributed by atoms with van der Waals surface area (Å²) in [6.45, 7) is 10.5. The summed E-state index contributed by atoms with van der Waals surface area (Å²) in [7, 11) is 0. The molecule has 33 heavy (non-hydrogen) atoms. The largest absolute Gasteiger partial charge is 0.378 e. The first-order chi connectivity index (χ1) is 16.0. The highest BCUT2D eigenvalue weighted by atomic mass is 16.5. The molecule has 0 bridgehead atoms. The molecule has 0 aromatic rings. The maximum Gasteiger partial charge on any atom is 0.237 e. The number of carbonyl (C=O) groups is 2. The molecule has 188 valence electrons. The SMILES string of the molecule is CCC1CCC(C)C2NC(C(=O)NC(CCC(=O)N3CCOCC3)C3NCCCC3C)CC12. The van der Waals surface area contributed by atoms with Gasteiger partial charge >= 0.3 is 0 Å². The molecule has 8 atom stereocenters. The van der Waals surface area contributed by atoms with E-state index in [9.17, 15) is 9.59 Å². The van der Waals surface area contributed by atoms with Crippen molar-refractivity contribution in [2.75, 3.05) is 32.8 Å². The first kappa shape index (κ1) is 24.9. The van der Waals surface area contributed by atoms with Gasteiger partial charge in [0.05, 0.1) is 19.3 Å². The highest BCUT2D eigenvalue weighted by Crippen LogP contribution is 2.42. The molecule has 0 radical (unpaired) electrons. The average Bonchev–Trinajstić information content (AvgIpc) is 3.29. The smallest absolute Gasteiger partial charge is 0.237 e. The molecule has 3 aliphatic heterocycles. The van der Waals surface area contributed by atoms with Gasteiger partial charge in [-0.25, -0.2) is 0 Å². The second-order valence-electron chi connectivity index (χ2n) is 11.1. The number of nitrogens with one attached hydrogen (secondary N) is 3. The van der Waals surface area contributed by atoms with E-state index in [2.05, 4.69) is 36.7 Å². The standard InChI is InChI=1S/C26H46N4O3/c1-4-19-8-7-18(3)24-20(19)16-22(28-24)26(32)29-21(25-17(2)6-5-11-27-25)9-10-23(31)30-12-14-33-15-13-30/h17-22,24-25,27-28H,4-16H2,1-3H3,(H,29,32). The molecule has 3 heterocycles. The van der Waals surface area contributed by atoms with E-state index in [1.807, 2.05) is 4.90 Å².